The van der Waals surface area contributed by atoms with Crippen molar-refractivity contribution in [3.63, 3.8) is 0 Å². The molecule has 0 fully saturated rings. The standard InChI is InChI=1S/C16H16ClN3/c1-11-13(15(17)20(2)19-11)9-16(10-18)8-7-12-5-3-4-6-14(12)16/h3-6H,7-9H2,1-2H3. The molecule has 0 amide bonds. The Morgan fingerprint density at radius 2 is 2.20 bits per heavy atom. The van der Waals surface area contributed by atoms with E-state index in [0.29, 0.717) is 11.6 Å². The van der Waals surface area contributed by atoms with E-state index in [1.807, 2.05) is 26.1 Å². The van der Waals surface area contributed by atoms with E-state index in [4.69, 9.17) is 11.6 Å². The number of nitrogens with zero attached hydrogens (tertiary/aromatic N) is 3. The molecule has 0 bridgehead atoms. The van der Waals surface area contributed by atoms with E-state index in [-0.39, 0.29) is 0 Å². The van der Waals surface area contributed by atoms with Crippen LogP contribution in [0.25, 0.3) is 0 Å². The van der Waals surface area contributed by atoms with Crippen molar-refractivity contribution in [3.05, 3.63) is 51.8 Å². The second-order valence-corrected chi connectivity index (χ2v) is 5.86. The molecular formula is C16H16ClN3. The summed E-state index contributed by atoms with van der Waals surface area (Å²) in [6.45, 7) is 1.95. The fourth-order valence-corrected chi connectivity index (χ4v) is 3.44. The number of hydrogen-bond acceptors (Lipinski definition) is 2. The Kier molecular flexibility index (Phi) is 3.07. The van der Waals surface area contributed by atoms with Crippen LogP contribution in [-0.4, -0.2) is 9.78 Å². The van der Waals surface area contributed by atoms with Gasteiger partial charge in [0.1, 0.15) is 5.15 Å². The number of hydrogen-bond donors (Lipinski definition) is 0. The summed E-state index contributed by atoms with van der Waals surface area (Å²) in [6.07, 6.45) is 2.45. The molecule has 102 valence electrons. The van der Waals surface area contributed by atoms with Gasteiger partial charge in [-0.2, -0.15) is 10.4 Å². The van der Waals surface area contributed by atoms with Crippen LogP contribution in [0.1, 0.15) is 28.8 Å². The van der Waals surface area contributed by atoms with E-state index in [1.165, 1.54) is 5.56 Å². The molecule has 1 heterocycles. The molecule has 1 atom stereocenters. The van der Waals surface area contributed by atoms with E-state index in [0.717, 1.165) is 29.7 Å². The first-order valence-corrected chi connectivity index (χ1v) is 7.13. The lowest BCUT2D eigenvalue weighted by atomic mass is 9.78. The average molecular weight is 286 g/mol. The fraction of sp³-hybridized carbons (Fsp3) is 0.375. The number of nitriles is 1. The Balaban J connectivity index is 2.07. The predicted molar refractivity (Wildman–Crippen MR) is 78.7 cm³/mol. The SMILES string of the molecule is Cc1nn(C)c(Cl)c1CC1(C#N)CCc2ccccc21. The highest BCUT2D eigenvalue weighted by molar-refractivity contribution is 6.30. The molecule has 1 aliphatic carbocycles. The molecule has 1 unspecified atom stereocenters. The molecule has 20 heavy (non-hydrogen) atoms. The third kappa shape index (κ3) is 1.83. The second kappa shape index (κ2) is 4.64. The van der Waals surface area contributed by atoms with Gasteiger partial charge >= 0.3 is 0 Å². The number of rotatable bonds is 2. The first kappa shape index (κ1) is 13.2. The van der Waals surface area contributed by atoms with Gasteiger partial charge in [-0.25, -0.2) is 0 Å². The van der Waals surface area contributed by atoms with Gasteiger partial charge in [-0.15, -0.1) is 0 Å². The Hall–Kier alpha value is -1.79. The van der Waals surface area contributed by atoms with Crippen LogP contribution in [0.4, 0.5) is 0 Å². The van der Waals surface area contributed by atoms with E-state index < -0.39 is 5.41 Å². The van der Waals surface area contributed by atoms with Gasteiger partial charge in [-0.3, -0.25) is 4.68 Å². The van der Waals surface area contributed by atoms with Crippen LogP contribution in [0.5, 0.6) is 0 Å². The van der Waals surface area contributed by atoms with Crippen molar-refractivity contribution in [2.45, 2.75) is 31.6 Å². The zero-order valence-corrected chi connectivity index (χ0v) is 12.4. The molecule has 1 aromatic heterocycles. The largest absolute Gasteiger partial charge is 0.257 e. The summed E-state index contributed by atoms with van der Waals surface area (Å²) < 4.78 is 1.68. The van der Waals surface area contributed by atoms with Crippen LogP contribution in [0.2, 0.25) is 5.15 Å². The van der Waals surface area contributed by atoms with Crippen molar-refractivity contribution < 1.29 is 0 Å². The first-order valence-electron chi connectivity index (χ1n) is 6.75. The molecule has 0 radical (unpaired) electrons. The maximum Gasteiger partial charge on any atom is 0.130 e. The Bertz CT molecular complexity index is 711. The highest BCUT2D eigenvalue weighted by Gasteiger charge is 2.40. The number of benzene rings is 1. The second-order valence-electron chi connectivity index (χ2n) is 5.51. The number of halogens is 1. The van der Waals surface area contributed by atoms with Gasteiger partial charge in [-0.1, -0.05) is 35.9 Å². The monoisotopic (exact) mass is 285 g/mol. The first-order chi connectivity index (χ1) is 9.57. The molecule has 0 saturated heterocycles. The zero-order chi connectivity index (χ0) is 14.3. The molecule has 2 aromatic rings. The van der Waals surface area contributed by atoms with Crippen molar-refractivity contribution in [2.24, 2.45) is 7.05 Å². The highest BCUT2D eigenvalue weighted by atomic mass is 35.5. The maximum atomic E-state index is 9.79. The summed E-state index contributed by atoms with van der Waals surface area (Å²) in [4.78, 5) is 0. The lowest BCUT2D eigenvalue weighted by Gasteiger charge is -2.22. The zero-order valence-electron chi connectivity index (χ0n) is 11.7. The van der Waals surface area contributed by atoms with Gasteiger partial charge in [0.2, 0.25) is 0 Å². The molecule has 0 spiro atoms. The van der Waals surface area contributed by atoms with Gasteiger partial charge in [0.05, 0.1) is 17.2 Å². The summed E-state index contributed by atoms with van der Waals surface area (Å²) in [6, 6.07) is 10.8. The van der Waals surface area contributed by atoms with E-state index in [9.17, 15) is 5.26 Å². The van der Waals surface area contributed by atoms with Gasteiger partial charge in [0, 0.05) is 19.0 Å². The quantitative estimate of drug-likeness (QED) is 0.849. The van der Waals surface area contributed by atoms with Crippen LogP contribution in [0.3, 0.4) is 0 Å². The lowest BCUT2D eigenvalue weighted by Crippen LogP contribution is -2.24. The molecular weight excluding hydrogens is 270 g/mol. The Labute approximate surface area is 123 Å². The van der Waals surface area contributed by atoms with Crippen LogP contribution >= 0.6 is 11.6 Å². The minimum Gasteiger partial charge on any atom is -0.257 e. The third-order valence-corrected chi connectivity index (χ3v) is 4.79. The molecule has 1 aromatic carbocycles. The van der Waals surface area contributed by atoms with Crippen molar-refractivity contribution in [1.82, 2.24) is 9.78 Å². The van der Waals surface area contributed by atoms with Crippen molar-refractivity contribution in [2.75, 3.05) is 0 Å². The minimum atomic E-state index is -0.464. The molecule has 0 saturated carbocycles. The molecule has 3 rings (SSSR count). The maximum absolute atomic E-state index is 9.79. The van der Waals surface area contributed by atoms with E-state index in [1.54, 1.807) is 4.68 Å². The molecule has 0 N–H and O–H groups in total. The third-order valence-electron chi connectivity index (χ3n) is 4.32. The lowest BCUT2D eigenvalue weighted by molar-refractivity contribution is 0.540. The summed E-state index contributed by atoms with van der Waals surface area (Å²) in [5.41, 5.74) is 3.88. The number of aromatic nitrogens is 2. The van der Waals surface area contributed by atoms with Crippen molar-refractivity contribution in [1.29, 1.82) is 5.26 Å². The predicted octanol–water partition coefficient (Wildman–Crippen LogP) is 3.33. The normalized spacial score (nSPS) is 20.7. The molecule has 3 nitrogen and oxygen atoms in total. The number of aryl methyl sites for hydroxylation is 3. The Morgan fingerprint density at radius 1 is 1.45 bits per heavy atom. The average Bonchev–Trinajstić information content (AvgIpc) is 2.93. The molecule has 1 aliphatic rings. The van der Waals surface area contributed by atoms with Gasteiger partial charge in [-0.05, 0) is 30.9 Å². The smallest absolute Gasteiger partial charge is 0.130 e. The molecule has 0 aliphatic heterocycles. The van der Waals surface area contributed by atoms with Crippen molar-refractivity contribution in [3.8, 4) is 6.07 Å². The summed E-state index contributed by atoms with van der Waals surface area (Å²) >= 11 is 6.33. The minimum absolute atomic E-state index is 0.464. The fourth-order valence-electron chi connectivity index (χ4n) is 3.20. The van der Waals surface area contributed by atoms with Crippen LogP contribution < -0.4 is 0 Å². The summed E-state index contributed by atoms with van der Waals surface area (Å²) in [7, 11) is 1.83. The van der Waals surface area contributed by atoms with Gasteiger partial charge < -0.3 is 0 Å². The van der Waals surface area contributed by atoms with Crippen LogP contribution in [0.15, 0.2) is 24.3 Å². The van der Waals surface area contributed by atoms with Gasteiger partial charge in [0.25, 0.3) is 0 Å². The Morgan fingerprint density at radius 3 is 2.85 bits per heavy atom. The number of fused-ring (bicyclic) bond motifs is 1. The van der Waals surface area contributed by atoms with E-state index in [2.05, 4.69) is 23.3 Å². The summed E-state index contributed by atoms with van der Waals surface area (Å²) in [5, 5.41) is 14.8. The summed E-state index contributed by atoms with van der Waals surface area (Å²) in [5.74, 6) is 0. The van der Waals surface area contributed by atoms with Crippen molar-refractivity contribution >= 4 is 11.6 Å². The van der Waals surface area contributed by atoms with Crippen LogP contribution in [-0.2, 0) is 25.3 Å². The topological polar surface area (TPSA) is 41.6 Å². The molecule has 4 heteroatoms. The van der Waals surface area contributed by atoms with Crippen LogP contribution in [0, 0.1) is 18.3 Å². The van der Waals surface area contributed by atoms with Gasteiger partial charge in [0.15, 0.2) is 0 Å². The highest BCUT2D eigenvalue weighted by Crippen LogP contribution is 2.42. The van der Waals surface area contributed by atoms with E-state index >= 15 is 0 Å².